The van der Waals surface area contributed by atoms with Gasteiger partial charge in [0.1, 0.15) is 5.75 Å². The normalized spacial score (nSPS) is 11.3. The van der Waals surface area contributed by atoms with E-state index in [2.05, 4.69) is 4.74 Å². The molecule has 3 nitrogen and oxygen atoms in total. The van der Waals surface area contributed by atoms with Crippen LogP contribution in [0.25, 0.3) is 10.9 Å². The Morgan fingerprint density at radius 2 is 1.96 bits per heavy atom. The average molecular weight is 398 g/mol. The van der Waals surface area contributed by atoms with Gasteiger partial charge in [-0.25, -0.2) is 0 Å². The number of rotatable bonds is 5. The van der Waals surface area contributed by atoms with Gasteiger partial charge in [0.05, 0.1) is 17.1 Å². The first-order valence-electron chi connectivity index (χ1n) is 7.80. The molecule has 0 radical (unpaired) electrons. The zero-order chi connectivity index (χ0) is 19.0. The van der Waals surface area contributed by atoms with Gasteiger partial charge in [0, 0.05) is 27.7 Å². The molecule has 0 saturated heterocycles. The average Bonchev–Trinajstić information content (AvgIpc) is 2.93. The van der Waals surface area contributed by atoms with Gasteiger partial charge in [-0.15, -0.1) is 0 Å². The molecule has 0 unspecified atom stereocenters. The molecule has 0 atom stereocenters. The molecule has 0 aliphatic heterocycles. The van der Waals surface area contributed by atoms with E-state index in [9.17, 15) is 13.6 Å². The lowest BCUT2D eigenvalue weighted by atomic mass is 10.1. The topological polar surface area (TPSA) is 31.2 Å². The molecule has 0 bridgehead atoms. The first-order chi connectivity index (χ1) is 12.3. The highest BCUT2D eigenvalue weighted by Gasteiger charge is 2.16. The highest BCUT2D eigenvalue weighted by molar-refractivity contribution is 6.38. The van der Waals surface area contributed by atoms with Crippen LogP contribution in [0, 0.1) is 6.92 Å². The van der Waals surface area contributed by atoms with Gasteiger partial charge in [0.25, 0.3) is 0 Å². The van der Waals surface area contributed by atoms with Crippen molar-refractivity contribution in [2.24, 2.45) is 0 Å². The maximum atomic E-state index is 12.5. The standard InChI is InChI=1S/C19H15Cl2F2NO2/c1-10-7-13(26-19(22)23)8-12-5-6-24(18(10)12)9-15-16(20)4-3-14(11(2)25)17(15)21/h3-8,19H,9H2,1-2H3. The molecule has 0 saturated carbocycles. The minimum atomic E-state index is -2.87. The molecule has 0 spiro atoms. The predicted molar refractivity (Wildman–Crippen MR) is 98.9 cm³/mol. The smallest absolute Gasteiger partial charge is 0.387 e. The van der Waals surface area contributed by atoms with Crippen LogP contribution in [0.3, 0.4) is 0 Å². The molecule has 0 N–H and O–H groups in total. The lowest BCUT2D eigenvalue weighted by Gasteiger charge is -2.14. The van der Waals surface area contributed by atoms with E-state index in [-0.39, 0.29) is 11.5 Å². The molecule has 136 valence electrons. The van der Waals surface area contributed by atoms with Gasteiger partial charge in [-0.1, -0.05) is 23.2 Å². The highest BCUT2D eigenvalue weighted by atomic mass is 35.5. The number of aromatic nitrogens is 1. The second-order valence-corrected chi connectivity index (χ2v) is 6.73. The lowest BCUT2D eigenvalue weighted by molar-refractivity contribution is -0.0497. The molecule has 0 fully saturated rings. The Morgan fingerprint density at radius 3 is 2.62 bits per heavy atom. The Hall–Kier alpha value is -2.11. The summed E-state index contributed by atoms with van der Waals surface area (Å²) in [6, 6.07) is 8.16. The quantitative estimate of drug-likeness (QED) is 0.486. The number of halogens is 4. The molecule has 0 aliphatic carbocycles. The van der Waals surface area contributed by atoms with E-state index in [4.69, 9.17) is 23.2 Å². The lowest BCUT2D eigenvalue weighted by Crippen LogP contribution is -2.05. The fourth-order valence-corrected chi connectivity index (χ4v) is 3.65. The van der Waals surface area contributed by atoms with E-state index in [1.54, 1.807) is 30.3 Å². The van der Waals surface area contributed by atoms with Gasteiger partial charge in [-0.3, -0.25) is 4.79 Å². The number of ether oxygens (including phenoxy) is 1. The van der Waals surface area contributed by atoms with Crippen molar-refractivity contribution in [1.82, 2.24) is 4.57 Å². The number of hydrogen-bond acceptors (Lipinski definition) is 2. The molecule has 3 aromatic rings. The van der Waals surface area contributed by atoms with Crippen LogP contribution in [0.5, 0.6) is 5.75 Å². The SMILES string of the molecule is CC(=O)c1ccc(Cl)c(Cn2ccc3cc(OC(F)F)cc(C)c32)c1Cl. The van der Waals surface area contributed by atoms with Crippen molar-refractivity contribution in [2.75, 3.05) is 0 Å². The van der Waals surface area contributed by atoms with Crippen molar-refractivity contribution in [2.45, 2.75) is 27.0 Å². The van der Waals surface area contributed by atoms with Gasteiger partial charge in [0.2, 0.25) is 0 Å². The van der Waals surface area contributed by atoms with Crippen molar-refractivity contribution in [3.05, 3.63) is 63.3 Å². The van der Waals surface area contributed by atoms with E-state index in [0.29, 0.717) is 27.7 Å². The van der Waals surface area contributed by atoms with Crippen LogP contribution >= 0.6 is 23.2 Å². The van der Waals surface area contributed by atoms with Crippen LogP contribution in [0.4, 0.5) is 8.78 Å². The second kappa shape index (κ2) is 7.25. The summed E-state index contributed by atoms with van der Waals surface area (Å²) in [7, 11) is 0. The molecular weight excluding hydrogens is 383 g/mol. The number of carbonyl (C=O) groups is 1. The van der Waals surface area contributed by atoms with Crippen LogP contribution < -0.4 is 4.74 Å². The van der Waals surface area contributed by atoms with Gasteiger partial charge < -0.3 is 9.30 Å². The van der Waals surface area contributed by atoms with Crippen LogP contribution in [-0.2, 0) is 6.54 Å². The first kappa shape index (κ1) is 18.7. The Labute approximate surface area is 159 Å². The number of nitrogens with zero attached hydrogens (tertiary/aromatic N) is 1. The molecule has 2 aromatic carbocycles. The van der Waals surface area contributed by atoms with Crippen molar-refractivity contribution in [3.8, 4) is 5.75 Å². The molecule has 26 heavy (non-hydrogen) atoms. The number of carbonyl (C=O) groups excluding carboxylic acids is 1. The molecule has 1 aromatic heterocycles. The minimum Gasteiger partial charge on any atom is -0.435 e. The number of fused-ring (bicyclic) bond motifs is 1. The van der Waals surface area contributed by atoms with Crippen molar-refractivity contribution < 1.29 is 18.3 Å². The van der Waals surface area contributed by atoms with Gasteiger partial charge in [-0.05, 0) is 49.7 Å². The van der Waals surface area contributed by atoms with Crippen molar-refractivity contribution in [1.29, 1.82) is 0 Å². The second-order valence-electron chi connectivity index (χ2n) is 5.94. The molecule has 7 heteroatoms. The summed E-state index contributed by atoms with van der Waals surface area (Å²) in [4.78, 5) is 11.7. The Morgan fingerprint density at radius 1 is 1.23 bits per heavy atom. The number of ketones is 1. The van der Waals surface area contributed by atoms with E-state index >= 15 is 0 Å². The van der Waals surface area contributed by atoms with Gasteiger partial charge in [-0.2, -0.15) is 8.78 Å². The molecule has 0 amide bonds. The highest BCUT2D eigenvalue weighted by Crippen LogP contribution is 2.32. The van der Waals surface area contributed by atoms with Gasteiger partial charge >= 0.3 is 6.61 Å². The minimum absolute atomic E-state index is 0.109. The zero-order valence-electron chi connectivity index (χ0n) is 14.0. The third-order valence-corrected chi connectivity index (χ3v) is 4.93. The fraction of sp³-hybridized carbons (Fsp3) is 0.211. The van der Waals surface area contributed by atoms with Crippen molar-refractivity contribution in [3.63, 3.8) is 0 Å². The van der Waals surface area contributed by atoms with Crippen molar-refractivity contribution >= 4 is 39.9 Å². The number of hydrogen-bond donors (Lipinski definition) is 0. The maximum Gasteiger partial charge on any atom is 0.387 e. The largest absolute Gasteiger partial charge is 0.435 e. The van der Waals surface area contributed by atoms with E-state index in [1.807, 2.05) is 17.7 Å². The number of Topliss-reactive ketones (excluding diaryl/α,β-unsaturated/α-hetero) is 1. The third kappa shape index (κ3) is 3.55. The predicted octanol–water partition coefficient (Wildman–Crippen LogP) is 6.11. The number of alkyl halides is 2. The summed E-state index contributed by atoms with van der Waals surface area (Å²) in [5.41, 5.74) is 2.67. The zero-order valence-corrected chi connectivity index (χ0v) is 15.5. The Bertz CT molecular complexity index is 999. The van der Waals surface area contributed by atoms with Crippen LogP contribution in [0.1, 0.15) is 28.4 Å². The Kier molecular flexibility index (Phi) is 5.21. The Balaban J connectivity index is 2.06. The first-order valence-corrected chi connectivity index (χ1v) is 8.55. The monoisotopic (exact) mass is 397 g/mol. The fourth-order valence-electron chi connectivity index (χ4n) is 3.02. The summed E-state index contributed by atoms with van der Waals surface area (Å²) < 4.78 is 31.3. The third-order valence-electron chi connectivity index (χ3n) is 4.14. The summed E-state index contributed by atoms with van der Waals surface area (Å²) in [5, 5.41) is 1.54. The number of benzene rings is 2. The number of aryl methyl sites for hydroxylation is 1. The van der Waals surface area contributed by atoms with Crippen LogP contribution in [-0.4, -0.2) is 17.0 Å². The summed E-state index contributed by atoms with van der Waals surface area (Å²) in [6.45, 7) is 0.726. The molecule has 3 rings (SSSR count). The van der Waals surface area contributed by atoms with E-state index in [1.165, 1.54) is 6.92 Å². The molecule has 0 aliphatic rings. The summed E-state index contributed by atoms with van der Waals surface area (Å²) in [5.74, 6) is -0.0346. The molecule has 1 heterocycles. The summed E-state index contributed by atoms with van der Waals surface area (Å²) >= 11 is 12.7. The van der Waals surface area contributed by atoms with Crippen LogP contribution in [0.2, 0.25) is 10.0 Å². The molecular formula is C19H15Cl2F2NO2. The van der Waals surface area contributed by atoms with Crippen LogP contribution in [0.15, 0.2) is 36.5 Å². The maximum absolute atomic E-state index is 12.5. The summed E-state index contributed by atoms with van der Waals surface area (Å²) in [6.07, 6.45) is 1.82. The van der Waals surface area contributed by atoms with E-state index in [0.717, 1.165) is 16.5 Å². The van der Waals surface area contributed by atoms with E-state index < -0.39 is 6.61 Å². The van der Waals surface area contributed by atoms with Gasteiger partial charge in [0.15, 0.2) is 5.78 Å².